The summed E-state index contributed by atoms with van der Waals surface area (Å²) >= 11 is 3.18. The minimum absolute atomic E-state index is 0.00587. The number of pyridine rings is 1. The highest BCUT2D eigenvalue weighted by molar-refractivity contribution is 9.10. The third-order valence-electron chi connectivity index (χ3n) is 2.93. The molecule has 0 saturated heterocycles. The van der Waals surface area contributed by atoms with Gasteiger partial charge in [0.2, 0.25) is 5.82 Å². The van der Waals surface area contributed by atoms with Gasteiger partial charge < -0.3 is 10.6 Å². The molecule has 19 heavy (non-hydrogen) atoms. The minimum Gasteiger partial charge on any atom is -0.364 e. The Morgan fingerprint density at radius 3 is 3.11 bits per heavy atom. The van der Waals surface area contributed by atoms with Gasteiger partial charge in [-0.3, -0.25) is 10.1 Å². The van der Waals surface area contributed by atoms with E-state index in [1.165, 1.54) is 11.6 Å². The Hall–Kier alpha value is -1.47. The van der Waals surface area contributed by atoms with Crippen LogP contribution in [0.4, 0.5) is 11.5 Å². The quantitative estimate of drug-likeness (QED) is 0.493. The lowest BCUT2D eigenvalue weighted by Crippen LogP contribution is -2.21. The second-order valence-corrected chi connectivity index (χ2v) is 5.19. The molecule has 2 rings (SSSR count). The van der Waals surface area contributed by atoms with Crippen molar-refractivity contribution in [2.45, 2.75) is 12.8 Å². The Balaban J connectivity index is 1.95. The highest BCUT2D eigenvalue weighted by atomic mass is 79.9. The highest BCUT2D eigenvalue weighted by Gasteiger charge is 2.15. The average molecular weight is 327 g/mol. The van der Waals surface area contributed by atoms with Crippen molar-refractivity contribution >= 4 is 27.4 Å². The van der Waals surface area contributed by atoms with E-state index in [0.717, 1.165) is 25.9 Å². The molecular weight excluding hydrogens is 312 g/mol. The predicted molar refractivity (Wildman–Crippen MR) is 77.3 cm³/mol. The number of nitro groups is 1. The second kappa shape index (κ2) is 6.63. The molecule has 0 spiro atoms. The van der Waals surface area contributed by atoms with Gasteiger partial charge in [0.25, 0.3) is 0 Å². The maximum atomic E-state index is 10.9. The van der Waals surface area contributed by atoms with Crippen LogP contribution in [0.25, 0.3) is 0 Å². The first-order valence-electron chi connectivity index (χ1n) is 6.09. The Morgan fingerprint density at radius 2 is 2.42 bits per heavy atom. The first-order chi connectivity index (χ1) is 9.16. The molecular formula is C12H15BrN4O2. The van der Waals surface area contributed by atoms with E-state index in [2.05, 4.69) is 37.6 Å². The number of halogens is 1. The lowest BCUT2D eigenvalue weighted by atomic mass is 10.1. The monoisotopic (exact) mass is 326 g/mol. The topological polar surface area (TPSA) is 80.1 Å². The number of anilines is 1. The Kier molecular flexibility index (Phi) is 4.86. The van der Waals surface area contributed by atoms with Gasteiger partial charge in [-0.1, -0.05) is 11.6 Å². The van der Waals surface area contributed by atoms with Crippen LogP contribution in [0.15, 0.2) is 28.4 Å². The van der Waals surface area contributed by atoms with Crippen LogP contribution in [0.3, 0.4) is 0 Å². The molecule has 102 valence electrons. The molecule has 0 aliphatic carbocycles. The predicted octanol–water partition coefficient (Wildman–Crippen LogP) is 2.47. The number of aromatic nitrogens is 1. The van der Waals surface area contributed by atoms with E-state index in [1.54, 1.807) is 6.20 Å². The van der Waals surface area contributed by atoms with Gasteiger partial charge in [0, 0.05) is 29.8 Å². The Bertz CT molecular complexity index is 505. The first kappa shape index (κ1) is 14.0. The summed E-state index contributed by atoms with van der Waals surface area (Å²) < 4.78 is 0.603. The molecule has 0 aromatic carbocycles. The summed E-state index contributed by atoms with van der Waals surface area (Å²) in [5.41, 5.74) is 1.37. The van der Waals surface area contributed by atoms with E-state index in [-0.39, 0.29) is 5.69 Å². The van der Waals surface area contributed by atoms with Crippen LogP contribution in [0.5, 0.6) is 0 Å². The van der Waals surface area contributed by atoms with Crippen LogP contribution < -0.4 is 10.6 Å². The number of hydrogen-bond acceptors (Lipinski definition) is 5. The van der Waals surface area contributed by atoms with E-state index >= 15 is 0 Å². The number of nitrogens with one attached hydrogen (secondary N) is 2. The van der Waals surface area contributed by atoms with Crippen LogP contribution in [-0.4, -0.2) is 29.5 Å². The third-order valence-corrected chi connectivity index (χ3v) is 3.36. The number of hydrogen-bond donors (Lipinski definition) is 2. The van der Waals surface area contributed by atoms with Crippen LogP contribution >= 0.6 is 15.9 Å². The van der Waals surface area contributed by atoms with E-state index < -0.39 is 4.92 Å². The summed E-state index contributed by atoms with van der Waals surface area (Å²) in [6.45, 7) is 2.57. The lowest BCUT2D eigenvalue weighted by molar-refractivity contribution is -0.384. The molecule has 0 bridgehead atoms. The molecule has 1 aliphatic rings. The van der Waals surface area contributed by atoms with Crippen molar-refractivity contribution in [1.82, 2.24) is 10.3 Å². The van der Waals surface area contributed by atoms with E-state index in [0.29, 0.717) is 16.8 Å². The fourth-order valence-electron chi connectivity index (χ4n) is 1.94. The fraction of sp³-hybridized carbons (Fsp3) is 0.417. The Morgan fingerprint density at radius 1 is 1.58 bits per heavy atom. The first-order valence-corrected chi connectivity index (χ1v) is 6.88. The number of nitrogens with zero attached hydrogens (tertiary/aromatic N) is 2. The molecule has 7 heteroatoms. The van der Waals surface area contributed by atoms with Gasteiger partial charge in [-0.2, -0.15) is 0 Å². The fourth-order valence-corrected chi connectivity index (χ4v) is 2.26. The van der Waals surface area contributed by atoms with Crippen molar-refractivity contribution < 1.29 is 4.92 Å². The van der Waals surface area contributed by atoms with Gasteiger partial charge in [0.05, 0.1) is 4.92 Å². The molecule has 2 N–H and O–H groups in total. The summed E-state index contributed by atoms with van der Waals surface area (Å²) in [4.78, 5) is 14.5. The zero-order valence-electron chi connectivity index (χ0n) is 10.4. The van der Waals surface area contributed by atoms with Gasteiger partial charge in [0.15, 0.2) is 0 Å². The Labute approximate surface area is 119 Å². The van der Waals surface area contributed by atoms with Crippen molar-refractivity contribution in [2.75, 3.05) is 25.0 Å². The van der Waals surface area contributed by atoms with E-state index in [1.807, 2.05) is 0 Å². The molecule has 0 radical (unpaired) electrons. The largest absolute Gasteiger partial charge is 0.364 e. The minimum atomic E-state index is -0.427. The average Bonchev–Trinajstić information content (AvgIpc) is 2.41. The van der Waals surface area contributed by atoms with Gasteiger partial charge in [0.1, 0.15) is 0 Å². The van der Waals surface area contributed by atoms with Gasteiger partial charge >= 0.3 is 5.69 Å². The van der Waals surface area contributed by atoms with E-state index in [4.69, 9.17) is 0 Å². The summed E-state index contributed by atoms with van der Waals surface area (Å²) in [7, 11) is 0. The molecule has 6 nitrogen and oxygen atoms in total. The normalized spacial score (nSPS) is 14.9. The van der Waals surface area contributed by atoms with Crippen molar-refractivity contribution in [3.8, 4) is 0 Å². The molecule has 1 aliphatic heterocycles. The van der Waals surface area contributed by atoms with E-state index in [9.17, 15) is 10.1 Å². The van der Waals surface area contributed by atoms with Crippen molar-refractivity contribution in [2.24, 2.45) is 0 Å². The van der Waals surface area contributed by atoms with Gasteiger partial charge in [-0.05, 0) is 35.3 Å². The highest BCUT2D eigenvalue weighted by Crippen LogP contribution is 2.25. The molecule has 2 heterocycles. The molecule has 1 aromatic rings. The van der Waals surface area contributed by atoms with Crippen LogP contribution in [0, 0.1) is 10.1 Å². The second-order valence-electron chi connectivity index (χ2n) is 4.27. The smallest absolute Gasteiger partial charge is 0.312 e. The summed E-state index contributed by atoms with van der Waals surface area (Å²) in [6, 6.07) is 1.46. The maximum Gasteiger partial charge on any atom is 0.312 e. The molecule has 0 unspecified atom stereocenters. The van der Waals surface area contributed by atoms with Crippen LogP contribution in [0.2, 0.25) is 0 Å². The van der Waals surface area contributed by atoms with Crippen LogP contribution in [0.1, 0.15) is 12.8 Å². The maximum absolute atomic E-state index is 10.9. The van der Waals surface area contributed by atoms with Crippen molar-refractivity contribution in [1.29, 1.82) is 0 Å². The van der Waals surface area contributed by atoms with Gasteiger partial charge in [-0.15, -0.1) is 0 Å². The standard InChI is InChI=1S/C12H15BrN4O2/c13-10-7-11(17(18)19)12(16-8-10)15-6-3-9-1-4-14-5-2-9/h1,7-8,14H,2-6H2,(H,15,16). The molecule has 0 amide bonds. The molecule has 0 atom stereocenters. The zero-order valence-corrected chi connectivity index (χ0v) is 11.9. The SMILES string of the molecule is O=[N+]([O-])c1cc(Br)cnc1NCCC1=CCNCC1. The third kappa shape index (κ3) is 4.00. The van der Waals surface area contributed by atoms with Gasteiger partial charge in [-0.25, -0.2) is 4.98 Å². The number of rotatable bonds is 5. The summed E-state index contributed by atoms with van der Waals surface area (Å²) in [5, 5.41) is 17.2. The molecule has 0 saturated carbocycles. The zero-order chi connectivity index (χ0) is 13.7. The summed E-state index contributed by atoms with van der Waals surface area (Å²) in [5.74, 6) is 0.322. The van der Waals surface area contributed by atoms with Crippen molar-refractivity contribution in [3.05, 3.63) is 38.5 Å². The summed E-state index contributed by atoms with van der Waals surface area (Å²) in [6.07, 6.45) is 5.65. The lowest BCUT2D eigenvalue weighted by Gasteiger charge is -2.14. The van der Waals surface area contributed by atoms with Crippen LogP contribution in [-0.2, 0) is 0 Å². The molecule has 0 fully saturated rings. The van der Waals surface area contributed by atoms with Crippen molar-refractivity contribution in [3.63, 3.8) is 0 Å². The molecule has 1 aromatic heterocycles.